The number of hydrogen-bond acceptors (Lipinski definition) is 5. The van der Waals surface area contributed by atoms with Crippen LogP contribution in [-0.2, 0) is 6.54 Å². The number of fused-ring (bicyclic) bond motifs is 1. The molecule has 0 aromatic heterocycles. The molecule has 21 heavy (non-hydrogen) atoms. The minimum Gasteiger partial charge on any atom is -0.504 e. The molecule has 3 rings (SSSR count). The van der Waals surface area contributed by atoms with Crippen molar-refractivity contribution in [2.75, 3.05) is 5.32 Å². The molecule has 0 fully saturated rings. The summed E-state index contributed by atoms with van der Waals surface area (Å²) < 4.78 is 11.3. The van der Waals surface area contributed by atoms with E-state index in [1.807, 2.05) is 32.0 Å². The number of aromatic hydroxyl groups is 2. The van der Waals surface area contributed by atoms with Gasteiger partial charge in [-0.15, -0.1) is 0 Å². The largest absolute Gasteiger partial charge is 0.504 e. The minimum absolute atomic E-state index is 0.105. The molecule has 110 valence electrons. The standard InChI is InChI=1S/C16H17NO4/c1-16(2)20-13-7-6-11(8-14(13)21-16)17-9-10-4-3-5-12(18)15(10)19/h3-8,17-19H,9H2,1-2H3. The molecule has 1 aliphatic rings. The first kappa shape index (κ1) is 13.4. The highest BCUT2D eigenvalue weighted by atomic mass is 16.7. The van der Waals surface area contributed by atoms with E-state index < -0.39 is 5.79 Å². The van der Waals surface area contributed by atoms with Gasteiger partial charge in [-0.2, -0.15) is 0 Å². The summed E-state index contributed by atoms with van der Waals surface area (Å²) in [6, 6.07) is 10.5. The van der Waals surface area contributed by atoms with E-state index in [0.717, 1.165) is 5.69 Å². The van der Waals surface area contributed by atoms with Gasteiger partial charge in [-0.25, -0.2) is 0 Å². The van der Waals surface area contributed by atoms with Crippen LogP contribution in [0.1, 0.15) is 19.4 Å². The number of rotatable bonds is 3. The third-order valence-corrected chi connectivity index (χ3v) is 3.24. The molecule has 0 atom stereocenters. The van der Waals surface area contributed by atoms with Crippen LogP contribution in [0.5, 0.6) is 23.0 Å². The van der Waals surface area contributed by atoms with Crippen LogP contribution in [0.15, 0.2) is 36.4 Å². The van der Waals surface area contributed by atoms with Crippen LogP contribution in [0.4, 0.5) is 5.69 Å². The van der Waals surface area contributed by atoms with Crippen molar-refractivity contribution in [2.24, 2.45) is 0 Å². The molecule has 1 heterocycles. The number of ether oxygens (including phenoxy) is 2. The molecule has 0 saturated heterocycles. The van der Waals surface area contributed by atoms with Crippen LogP contribution >= 0.6 is 0 Å². The summed E-state index contributed by atoms with van der Waals surface area (Å²) in [6.45, 7) is 4.10. The number of hydrogen-bond donors (Lipinski definition) is 3. The number of nitrogens with one attached hydrogen (secondary N) is 1. The fourth-order valence-electron chi connectivity index (χ4n) is 2.25. The van der Waals surface area contributed by atoms with Crippen LogP contribution in [0, 0.1) is 0 Å². The minimum atomic E-state index is -0.648. The van der Waals surface area contributed by atoms with Gasteiger partial charge in [0.25, 0.3) is 0 Å². The van der Waals surface area contributed by atoms with Gasteiger partial charge in [-0.3, -0.25) is 0 Å². The van der Waals surface area contributed by atoms with Crippen molar-refractivity contribution in [1.82, 2.24) is 0 Å². The summed E-state index contributed by atoms with van der Waals surface area (Å²) in [5, 5.41) is 22.4. The van der Waals surface area contributed by atoms with E-state index in [2.05, 4.69) is 5.32 Å². The molecule has 0 unspecified atom stereocenters. The second-order valence-corrected chi connectivity index (χ2v) is 5.40. The van der Waals surface area contributed by atoms with Gasteiger partial charge in [0.1, 0.15) is 0 Å². The Morgan fingerprint density at radius 1 is 1.05 bits per heavy atom. The third-order valence-electron chi connectivity index (χ3n) is 3.24. The molecule has 2 aromatic rings. The molecule has 2 aromatic carbocycles. The first-order valence-electron chi connectivity index (χ1n) is 6.70. The monoisotopic (exact) mass is 287 g/mol. The number of anilines is 1. The van der Waals surface area contributed by atoms with Gasteiger partial charge >= 0.3 is 0 Å². The maximum atomic E-state index is 9.76. The lowest BCUT2D eigenvalue weighted by atomic mass is 10.2. The smallest absolute Gasteiger partial charge is 0.246 e. The van der Waals surface area contributed by atoms with Gasteiger partial charge in [0.05, 0.1) is 0 Å². The summed E-state index contributed by atoms with van der Waals surface area (Å²) in [4.78, 5) is 0. The molecule has 5 nitrogen and oxygen atoms in total. The zero-order valence-electron chi connectivity index (χ0n) is 11.9. The fraction of sp³-hybridized carbons (Fsp3) is 0.250. The van der Waals surface area contributed by atoms with E-state index >= 15 is 0 Å². The zero-order chi connectivity index (χ0) is 15.0. The van der Waals surface area contributed by atoms with Crippen molar-refractivity contribution in [3.05, 3.63) is 42.0 Å². The lowest BCUT2D eigenvalue weighted by molar-refractivity contribution is -0.0431. The molecule has 0 spiro atoms. The van der Waals surface area contributed by atoms with Crippen molar-refractivity contribution in [1.29, 1.82) is 0 Å². The average Bonchev–Trinajstić information content (AvgIpc) is 2.73. The van der Waals surface area contributed by atoms with Gasteiger partial charge in [0, 0.05) is 37.7 Å². The summed E-state index contributed by atoms with van der Waals surface area (Å²) >= 11 is 0. The highest BCUT2D eigenvalue weighted by molar-refractivity contribution is 5.57. The van der Waals surface area contributed by atoms with Crippen LogP contribution in [0.3, 0.4) is 0 Å². The number of para-hydroxylation sites is 1. The van der Waals surface area contributed by atoms with Gasteiger partial charge in [-0.1, -0.05) is 12.1 Å². The van der Waals surface area contributed by atoms with E-state index in [-0.39, 0.29) is 11.5 Å². The maximum Gasteiger partial charge on any atom is 0.246 e. The summed E-state index contributed by atoms with van der Waals surface area (Å²) in [6.07, 6.45) is 0. The summed E-state index contributed by atoms with van der Waals surface area (Å²) in [5.41, 5.74) is 1.46. The first-order valence-corrected chi connectivity index (χ1v) is 6.70. The molecular weight excluding hydrogens is 270 g/mol. The van der Waals surface area contributed by atoms with Crippen LogP contribution in [0.2, 0.25) is 0 Å². The van der Waals surface area contributed by atoms with Gasteiger partial charge in [0.15, 0.2) is 23.0 Å². The van der Waals surface area contributed by atoms with Gasteiger partial charge in [-0.05, 0) is 18.2 Å². The lowest BCUT2D eigenvalue weighted by Gasteiger charge is -2.16. The van der Waals surface area contributed by atoms with E-state index in [4.69, 9.17) is 9.47 Å². The predicted octanol–water partition coefficient (Wildman–Crippen LogP) is 3.22. The highest BCUT2D eigenvalue weighted by Gasteiger charge is 2.31. The van der Waals surface area contributed by atoms with Crippen molar-refractivity contribution in [2.45, 2.75) is 26.2 Å². The third kappa shape index (κ3) is 2.67. The van der Waals surface area contributed by atoms with E-state index in [9.17, 15) is 10.2 Å². The van der Waals surface area contributed by atoms with Crippen molar-refractivity contribution in [3.8, 4) is 23.0 Å². The molecule has 0 bridgehead atoms. The van der Waals surface area contributed by atoms with Gasteiger partial charge < -0.3 is 25.0 Å². The predicted molar refractivity (Wildman–Crippen MR) is 78.9 cm³/mol. The summed E-state index contributed by atoms with van der Waals surface area (Å²) in [7, 11) is 0. The van der Waals surface area contributed by atoms with E-state index in [0.29, 0.717) is 23.6 Å². The van der Waals surface area contributed by atoms with E-state index in [1.54, 1.807) is 12.1 Å². The fourth-order valence-corrected chi connectivity index (χ4v) is 2.25. The molecule has 3 N–H and O–H groups in total. The van der Waals surface area contributed by atoms with Gasteiger partial charge in [0.2, 0.25) is 5.79 Å². The SMILES string of the molecule is CC1(C)Oc2ccc(NCc3cccc(O)c3O)cc2O1. The molecule has 0 amide bonds. The number of phenols is 2. The average molecular weight is 287 g/mol. The quantitative estimate of drug-likeness (QED) is 0.756. The first-order chi connectivity index (χ1) is 9.94. The molecule has 1 aliphatic heterocycles. The molecule has 0 radical (unpaired) electrons. The van der Waals surface area contributed by atoms with Crippen molar-refractivity contribution >= 4 is 5.69 Å². The normalized spacial score (nSPS) is 15.0. The number of phenolic OH excluding ortho intramolecular Hbond substituents is 2. The molecule has 5 heteroatoms. The Morgan fingerprint density at radius 2 is 1.81 bits per heavy atom. The topological polar surface area (TPSA) is 71.0 Å². The summed E-state index contributed by atoms with van der Waals surface area (Å²) in [5.74, 6) is 0.522. The van der Waals surface area contributed by atoms with Crippen LogP contribution < -0.4 is 14.8 Å². The maximum absolute atomic E-state index is 9.76. The Kier molecular flexibility index (Phi) is 3.05. The Morgan fingerprint density at radius 3 is 2.62 bits per heavy atom. The van der Waals surface area contributed by atoms with Crippen molar-refractivity contribution in [3.63, 3.8) is 0 Å². The Hall–Kier alpha value is -2.56. The molecule has 0 aliphatic carbocycles. The number of benzene rings is 2. The van der Waals surface area contributed by atoms with Crippen LogP contribution in [0.25, 0.3) is 0 Å². The highest BCUT2D eigenvalue weighted by Crippen LogP contribution is 2.40. The second-order valence-electron chi connectivity index (χ2n) is 5.40. The Bertz CT molecular complexity index is 682. The molecule has 0 saturated carbocycles. The molecular formula is C16H17NO4. The second kappa shape index (κ2) is 4.77. The zero-order valence-corrected chi connectivity index (χ0v) is 11.9. The van der Waals surface area contributed by atoms with Crippen molar-refractivity contribution < 1.29 is 19.7 Å². The van der Waals surface area contributed by atoms with E-state index in [1.165, 1.54) is 6.07 Å². The Labute approximate surface area is 122 Å². The lowest BCUT2D eigenvalue weighted by Crippen LogP contribution is -2.29. The Balaban J connectivity index is 1.74. The van der Waals surface area contributed by atoms with Crippen LogP contribution in [-0.4, -0.2) is 16.0 Å².